The molecule has 1 aromatic heterocycles. The standard InChI is InChI=1S/C12H20N4/c1-2-10-8-12(15-9-14-10)16(7-6-13)11-4-3-5-11/h8-9,11H,2-7,13H2,1H3. The fraction of sp³-hybridized carbons (Fsp3) is 0.667. The van der Waals surface area contributed by atoms with Crippen molar-refractivity contribution >= 4 is 5.82 Å². The van der Waals surface area contributed by atoms with Gasteiger partial charge in [0.25, 0.3) is 0 Å². The fourth-order valence-corrected chi connectivity index (χ4v) is 2.06. The molecule has 0 spiro atoms. The van der Waals surface area contributed by atoms with Crippen LogP contribution in [0.25, 0.3) is 0 Å². The molecule has 1 aromatic rings. The molecule has 0 amide bonds. The van der Waals surface area contributed by atoms with Crippen molar-refractivity contribution < 1.29 is 0 Å². The molecule has 88 valence electrons. The van der Waals surface area contributed by atoms with Crippen LogP contribution in [0.4, 0.5) is 5.82 Å². The van der Waals surface area contributed by atoms with Crippen molar-refractivity contribution in [2.45, 2.75) is 38.6 Å². The number of aromatic nitrogens is 2. The summed E-state index contributed by atoms with van der Waals surface area (Å²) in [4.78, 5) is 10.9. The second-order valence-electron chi connectivity index (χ2n) is 4.29. The smallest absolute Gasteiger partial charge is 0.132 e. The first kappa shape index (κ1) is 11.3. The Morgan fingerprint density at radius 2 is 2.25 bits per heavy atom. The summed E-state index contributed by atoms with van der Waals surface area (Å²) >= 11 is 0. The van der Waals surface area contributed by atoms with Gasteiger partial charge in [0.1, 0.15) is 12.1 Å². The second kappa shape index (κ2) is 5.25. The van der Waals surface area contributed by atoms with E-state index in [9.17, 15) is 0 Å². The van der Waals surface area contributed by atoms with Gasteiger partial charge in [0.2, 0.25) is 0 Å². The van der Waals surface area contributed by atoms with Gasteiger partial charge in [-0.25, -0.2) is 9.97 Å². The first-order valence-electron chi connectivity index (χ1n) is 6.12. The van der Waals surface area contributed by atoms with Crippen LogP contribution in [0.2, 0.25) is 0 Å². The lowest BCUT2D eigenvalue weighted by Gasteiger charge is -2.38. The fourth-order valence-electron chi connectivity index (χ4n) is 2.06. The van der Waals surface area contributed by atoms with Gasteiger partial charge in [-0.1, -0.05) is 6.92 Å². The number of anilines is 1. The lowest BCUT2D eigenvalue weighted by atomic mass is 9.91. The van der Waals surface area contributed by atoms with Crippen molar-refractivity contribution in [2.24, 2.45) is 5.73 Å². The molecule has 1 aliphatic rings. The Balaban J connectivity index is 2.16. The Morgan fingerprint density at radius 1 is 1.44 bits per heavy atom. The van der Waals surface area contributed by atoms with Crippen LogP contribution in [-0.4, -0.2) is 29.1 Å². The van der Waals surface area contributed by atoms with Crippen LogP contribution >= 0.6 is 0 Å². The molecule has 0 aromatic carbocycles. The van der Waals surface area contributed by atoms with Gasteiger partial charge in [0, 0.05) is 30.9 Å². The Morgan fingerprint density at radius 3 is 2.81 bits per heavy atom. The molecule has 1 aliphatic carbocycles. The summed E-state index contributed by atoms with van der Waals surface area (Å²) in [6.45, 7) is 3.69. The summed E-state index contributed by atoms with van der Waals surface area (Å²) in [5.41, 5.74) is 6.77. The summed E-state index contributed by atoms with van der Waals surface area (Å²) in [6, 6.07) is 2.73. The van der Waals surface area contributed by atoms with Gasteiger partial charge in [0.15, 0.2) is 0 Å². The van der Waals surface area contributed by atoms with E-state index in [0.717, 1.165) is 24.5 Å². The van der Waals surface area contributed by atoms with Crippen LogP contribution in [0.1, 0.15) is 31.9 Å². The maximum atomic E-state index is 5.67. The first-order chi connectivity index (χ1) is 7.85. The van der Waals surface area contributed by atoms with E-state index in [1.807, 2.05) is 0 Å². The number of nitrogens with two attached hydrogens (primary N) is 1. The molecular weight excluding hydrogens is 200 g/mol. The molecule has 0 unspecified atom stereocenters. The van der Waals surface area contributed by atoms with E-state index in [0.29, 0.717) is 12.6 Å². The molecule has 0 radical (unpaired) electrons. The molecular formula is C12H20N4. The van der Waals surface area contributed by atoms with Crippen LogP contribution < -0.4 is 10.6 Å². The number of rotatable bonds is 5. The molecule has 4 nitrogen and oxygen atoms in total. The Hall–Kier alpha value is -1.16. The zero-order valence-electron chi connectivity index (χ0n) is 9.89. The number of nitrogens with zero attached hydrogens (tertiary/aromatic N) is 3. The molecule has 1 heterocycles. The third kappa shape index (κ3) is 2.32. The van der Waals surface area contributed by atoms with Gasteiger partial charge in [-0.3, -0.25) is 0 Å². The molecule has 1 fully saturated rings. The zero-order valence-corrected chi connectivity index (χ0v) is 9.89. The Labute approximate surface area is 96.9 Å². The van der Waals surface area contributed by atoms with E-state index in [4.69, 9.17) is 5.73 Å². The summed E-state index contributed by atoms with van der Waals surface area (Å²) < 4.78 is 0. The third-order valence-electron chi connectivity index (χ3n) is 3.25. The van der Waals surface area contributed by atoms with Crippen LogP contribution in [0.3, 0.4) is 0 Å². The zero-order chi connectivity index (χ0) is 11.4. The number of hydrogen-bond donors (Lipinski definition) is 1. The van der Waals surface area contributed by atoms with Crippen molar-refractivity contribution in [1.82, 2.24) is 9.97 Å². The maximum Gasteiger partial charge on any atom is 0.132 e. The van der Waals surface area contributed by atoms with Crippen molar-refractivity contribution in [3.8, 4) is 0 Å². The van der Waals surface area contributed by atoms with Gasteiger partial charge in [-0.05, 0) is 25.7 Å². The van der Waals surface area contributed by atoms with Crippen LogP contribution in [0.15, 0.2) is 12.4 Å². The first-order valence-corrected chi connectivity index (χ1v) is 6.12. The van der Waals surface area contributed by atoms with Crippen LogP contribution in [0, 0.1) is 0 Å². The molecule has 0 atom stereocenters. The average molecular weight is 220 g/mol. The third-order valence-corrected chi connectivity index (χ3v) is 3.25. The number of aryl methyl sites for hydroxylation is 1. The second-order valence-corrected chi connectivity index (χ2v) is 4.29. The molecule has 2 N–H and O–H groups in total. The lowest BCUT2D eigenvalue weighted by molar-refractivity contribution is 0.385. The van der Waals surface area contributed by atoms with Gasteiger partial charge < -0.3 is 10.6 Å². The van der Waals surface area contributed by atoms with Crippen molar-refractivity contribution in [3.63, 3.8) is 0 Å². The molecule has 0 aliphatic heterocycles. The topological polar surface area (TPSA) is 55.0 Å². The van der Waals surface area contributed by atoms with Crippen molar-refractivity contribution in [2.75, 3.05) is 18.0 Å². The molecule has 2 rings (SSSR count). The van der Waals surface area contributed by atoms with Gasteiger partial charge in [-0.15, -0.1) is 0 Å². The highest BCUT2D eigenvalue weighted by atomic mass is 15.2. The van der Waals surface area contributed by atoms with E-state index in [-0.39, 0.29) is 0 Å². The molecule has 0 saturated heterocycles. The molecule has 16 heavy (non-hydrogen) atoms. The minimum Gasteiger partial charge on any atom is -0.352 e. The predicted octanol–water partition coefficient (Wildman–Crippen LogP) is 1.36. The minimum absolute atomic E-state index is 0.642. The van der Waals surface area contributed by atoms with E-state index >= 15 is 0 Å². The number of hydrogen-bond acceptors (Lipinski definition) is 4. The summed E-state index contributed by atoms with van der Waals surface area (Å²) in [5.74, 6) is 1.04. The summed E-state index contributed by atoms with van der Waals surface area (Å²) in [6.07, 6.45) is 6.49. The van der Waals surface area contributed by atoms with E-state index in [1.165, 1.54) is 19.3 Å². The lowest BCUT2D eigenvalue weighted by Crippen LogP contribution is -2.43. The summed E-state index contributed by atoms with van der Waals surface area (Å²) in [5, 5.41) is 0. The summed E-state index contributed by atoms with van der Waals surface area (Å²) in [7, 11) is 0. The Bertz CT molecular complexity index is 336. The molecule has 0 bridgehead atoms. The Kier molecular flexibility index (Phi) is 3.72. The maximum absolute atomic E-state index is 5.67. The van der Waals surface area contributed by atoms with E-state index < -0.39 is 0 Å². The largest absolute Gasteiger partial charge is 0.352 e. The van der Waals surface area contributed by atoms with Crippen LogP contribution in [-0.2, 0) is 6.42 Å². The van der Waals surface area contributed by atoms with E-state index in [1.54, 1.807) is 6.33 Å². The normalized spacial score (nSPS) is 15.9. The van der Waals surface area contributed by atoms with E-state index in [2.05, 4.69) is 27.9 Å². The monoisotopic (exact) mass is 220 g/mol. The quantitative estimate of drug-likeness (QED) is 0.814. The van der Waals surface area contributed by atoms with Crippen molar-refractivity contribution in [3.05, 3.63) is 18.1 Å². The highest BCUT2D eigenvalue weighted by Gasteiger charge is 2.25. The minimum atomic E-state index is 0.642. The van der Waals surface area contributed by atoms with Gasteiger partial charge >= 0.3 is 0 Å². The average Bonchev–Trinajstić information content (AvgIpc) is 2.26. The van der Waals surface area contributed by atoms with Crippen LogP contribution in [0.5, 0.6) is 0 Å². The van der Waals surface area contributed by atoms with Gasteiger partial charge in [0.05, 0.1) is 0 Å². The van der Waals surface area contributed by atoms with Crippen molar-refractivity contribution in [1.29, 1.82) is 0 Å². The SMILES string of the molecule is CCc1cc(N(CCN)C2CCC2)ncn1. The highest BCUT2D eigenvalue weighted by molar-refractivity contribution is 5.41. The molecule has 1 saturated carbocycles. The molecule has 4 heteroatoms. The highest BCUT2D eigenvalue weighted by Crippen LogP contribution is 2.28. The van der Waals surface area contributed by atoms with Gasteiger partial charge in [-0.2, -0.15) is 0 Å². The predicted molar refractivity (Wildman–Crippen MR) is 65.4 cm³/mol.